The van der Waals surface area contributed by atoms with E-state index in [1.54, 1.807) is 14.0 Å². The van der Waals surface area contributed by atoms with Crippen LogP contribution in [-0.2, 0) is 16.1 Å². The highest BCUT2D eigenvalue weighted by Crippen LogP contribution is 2.36. The Bertz CT molecular complexity index is 586. The first-order valence-corrected chi connectivity index (χ1v) is 8.59. The van der Waals surface area contributed by atoms with Crippen LogP contribution in [0, 0.1) is 12.8 Å². The second-order valence-electron chi connectivity index (χ2n) is 6.33. The van der Waals surface area contributed by atoms with E-state index in [4.69, 9.17) is 0 Å². The molecule has 3 atom stereocenters. The van der Waals surface area contributed by atoms with E-state index < -0.39 is 0 Å². The summed E-state index contributed by atoms with van der Waals surface area (Å²) in [5.41, 5.74) is 0. The predicted octanol–water partition coefficient (Wildman–Crippen LogP) is 1.22. The third-order valence-corrected chi connectivity index (χ3v) is 5.77. The zero-order chi connectivity index (χ0) is 15.9. The highest BCUT2D eigenvalue weighted by molar-refractivity contribution is 7.11. The van der Waals surface area contributed by atoms with Crippen LogP contribution in [0.2, 0.25) is 0 Å². The first kappa shape index (κ1) is 15.5. The van der Waals surface area contributed by atoms with Crippen LogP contribution in [0.15, 0.2) is 12.1 Å². The second kappa shape index (κ2) is 6.01. The van der Waals surface area contributed by atoms with E-state index in [-0.39, 0.29) is 23.9 Å². The lowest BCUT2D eigenvalue weighted by Crippen LogP contribution is -2.49. The van der Waals surface area contributed by atoms with Crippen LogP contribution in [0.4, 0.5) is 0 Å². The molecule has 22 heavy (non-hydrogen) atoms. The lowest BCUT2D eigenvalue weighted by molar-refractivity contribution is -0.138. The number of likely N-dealkylation sites (N-methyl/N-ethyl adjacent to an activating group) is 1. The molecule has 3 heterocycles. The minimum absolute atomic E-state index is 0.00918. The second-order valence-corrected chi connectivity index (χ2v) is 7.70. The molecule has 3 rings (SSSR count). The van der Waals surface area contributed by atoms with Gasteiger partial charge < -0.3 is 10.2 Å². The summed E-state index contributed by atoms with van der Waals surface area (Å²) in [7, 11) is 1.64. The number of thiophene rings is 1. The molecule has 0 bridgehead atoms. The first-order valence-electron chi connectivity index (χ1n) is 7.77. The van der Waals surface area contributed by atoms with Crippen molar-refractivity contribution in [2.75, 3.05) is 20.1 Å². The summed E-state index contributed by atoms with van der Waals surface area (Å²) >= 11 is 1.83. The third kappa shape index (κ3) is 2.77. The summed E-state index contributed by atoms with van der Waals surface area (Å²) in [5, 5.41) is 2.69. The van der Waals surface area contributed by atoms with Crippen molar-refractivity contribution in [1.29, 1.82) is 0 Å². The van der Waals surface area contributed by atoms with E-state index in [2.05, 4.69) is 29.3 Å². The molecule has 2 saturated heterocycles. The summed E-state index contributed by atoms with van der Waals surface area (Å²) in [6, 6.07) is 4.23. The Balaban J connectivity index is 1.69. The fourth-order valence-electron chi connectivity index (χ4n) is 3.89. The van der Waals surface area contributed by atoms with Gasteiger partial charge in [-0.25, -0.2) is 0 Å². The molecule has 0 saturated carbocycles. The maximum Gasteiger partial charge on any atom is 0.242 e. The van der Waals surface area contributed by atoms with Gasteiger partial charge in [0, 0.05) is 49.4 Å². The lowest BCUT2D eigenvalue weighted by Gasteiger charge is -2.28. The van der Waals surface area contributed by atoms with E-state index in [1.165, 1.54) is 9.75 Å². The highest BCUT2D eigenvalue weighted by atomic mass is 32.1. The maximum absolute atomic E-state index is 12.0. The van der Waals surface area contributed by atoms with Gasteiger partial charge in [0.25, 0.3) is 0 Å². The van der Waals surface area contributed by atoms with E-state index >= 15 is 0 Å². The van der Waals surface area contributed by atoms with Crippen molar-refractivity contribution < 1.29 is 9.59 Å². The number of carbonyl (C=O) groups excluding carboxylic acids is 2. The smallest absolute Gasteiger partial charge is 0.242 e. The van der Waals surface area contributed by atoms with Crippen molar-refractivity contribution in [3.63, 3.8) is 0 Å². The molecule has 0 unspecified atom stereocenters. The molecule has 1 aromatic heterocycles. The Morgan fingerprint density at radius 3 is 2.73 bits per heavy atom. The quantitative estimate of drug-likeness (QED) is 0.911. The predicted molar refractivity (Wildman–Crippen MR) is 86.6 cm³/mol. The number of hydrogen-bond acceptors (Lipinski definition) is 4. The minimum Gasteiger partial charge on any atom is -0.357 e. The Hall–Kier alpha value is -1.40. The Kier molecular flexibility index (Phi) is 4.23. The third-order valence-electron chi connectivity index (χ3n) is 4.79. The van der Waals surface area contributed by atoms with Gasteiger partial charge in [0.2, 0.25) is 11.8 Å². The molecule has 2 aliphatic rings. The molecule has 6 heteroatoms. The van der Waals surface area contributed by atoms with E-state index in [0.717, 1.165) is 26.1 Å². The number of likely N-dealkylation sites (tertiary alicyclic amines) is 2. The van der Waals surface area contributed by atoms with Crippen molar-refractivity contribution in [2.24, 2.45) is 5.92 Å². The normalized spacial score (nSPS) is 28.0. The number of rotatable bonds is 3. The Labute approximate surface area is 135 Å². The molecule has 0 aromatic carbocycles. The van der Waals surface area contributed by atoms with Crippen LogP contribution in [0.3, 0.4) is 0 Å². The van der Waals surface area contributed by atoms with Crippen LogP contribution in [0.25, 0.3) is 0 Å². The summed E-state index contributed by atoms with van der Waals surface area (Å²) < 4.78 is 0. The lowest BCUT2D eigenvalue weighted by atomic mass is 10.0. The molecule has 5 nitrogen and oxygen atoms in total. The van der Waals surface area contributed by atoms with Crippen LogP contribution >= 0.6 is 11.3 Å². The maximum atomic E-state index is 12.0. The van der Waals surface area contributed by atoms with Crippen molar-refractivity contribution in [3.05, 3.63) is 21.9 Å². The largest absolute Gasteiger partial charge is 0.357 e. The number of nitrogens with one attached hydrogen (secondary N) is 1. The summed E-state index contributed by atoms with van der Waals surface area (Å²) in [5.74, 6) is 0.382. The molecule has 2 fully saturated rings. The topological polar surface area (TPSA) is 52.7 Å². The molecule has 0 radical (unpaired) electrons. The SMILES string of the molecule is CNC(=O)[C@@H]1C[C@H]2CN(Cc3ccc(C)s3)C[C@H]2N1C(C)=O. The molecule has 2 aliphatic heterocycles. The van der Waals surface area contributed by atoms with Gasteiger partial charge >= 0.3 is 0 Å². The first-order chi connectivity index (χ1) is 10.5. The molecule has 1 N–H and O–H groups in total. The monoisotopic (exact) mass is 321 g/mol. The molecule has 120 valence electrons. The fourth-order valence-corrected chi connectivity index (χ4v) is 4.83. The molecule has 1 aromatic rings. The minimum atomic E-state index is -0.288. The van der Waals surface area contributed by atoms with E-state index in [9.17, 15) is 9.59 Å². The fraction of sp³-hybridized carbons (Fsp3) is 0.625. The average Bonchev–Trinajstić information content (AvgIpc) is 3.11. The number of amides is 2. The van der Waals surface area contributed by atoms with Crippen molar-refractivity contribution in [3.8, 4) is 0 Å². The zero-order valence-corrected chi connectivity index (χ0v) is 14.2. The van der Waals surface area contributed by atoms with Gasteiger partial charge in [0.1, 0.15) is 6.04 Å². The number of aryl methyl sites for hydroxylation is 1. The molecule has 0 spiro atoms. The number of fused-ring (bicyclic) bond motifs is 1. The van der Waals surface area contributed by atoms with E-state index in [0.29, 0.717) is 5.92 Å². The number of hydrogen-bond donors (Lipinski definition) is 1. The van der Waals surface area contributed by atoms with Gasteiger partial charge in [-0.2, -0.15) is 0 Å². The molecular formula is C16H23N3O2S. The molecule has 0 aliphatic carbocycles. The standard InChI is InChI=1S/C16H23N3O2S/c1-10-4-5-13(22-10)8-18-7-12-6-14(16(21)17-3)19(11(2)20)15(12)9-18/h4-5,12,14-15H,6-9H2,1-3H3,(H,17,21)/t12-,14-,15+/m0/s1. The van der Waals surface area contributed by atoms with Crippen molar-refractivity contribution in [2.45, 2.75) is 38.9 Å². The van der Waals surface area contributed by atoms with Gasteiger partial charge in [0.15, 0.2) is 0 Å². The summed E-state index contributed by atoms with van der Waals surface area (Å²) in [6.45, 7) is 6.48. The average molecular weight is 321 g/mol. The Morgan fingerprint density at radius 1 is 1.36 bits per heavy atom. The van der Waals surface area contributed by atoms with Gasteiger partial charge in [-0.3, -0.25) is 14.5 Å². The van der Waals surface area contributed by atoms with Crippen LogP contribution in [0.5, 0.6) is 0 Å². The van der Waals surface area contributed by atoms with Crippen molar-refractivity contribution >= 4 is 23.2 Å². The molecule has 2 amide bonds. The van der Waals surface area contributed by atoms with Crippen LogP contribution in [-0.4, -0.2) is 53.8 Å². The number of carbonyl (C=O) groups is 2. The van der Waals surface area contributed by atoms with Gasteiger partial charge in [-0.05, 0) is 31.4 Å². The van der Waals surface area contributed by atoms with Gasteiger partial charge in [0.05, 0.1) is 0 Å². The van der Waals surface area contributed by atoms with Crippen LogP contribution in [0.1, 0.15) is 23.1 Å². The molecular weight excluding hydrogens is 298 g/mol. The van der Waals surface area contributed by atoms with Crippen molar-refractivity contribution in [1.82, 2.24) is 15.1 Å². The zero-order valence-electron chi connectivity index (χ0n) is 13.3. The van der Waals surface area contributed by atoms with E-state index in [1.807, 2.05) is 16.2 Å². The summed E-state index contributed by atoms with van der Waals surface area (Å²) in [4.78, 5) is 31.0. The summed E-state index contributed by atoms with van der Waals surface area (Å²) in [6.07, 6.45) is 0.782. The van der Waals surface area contributed by atoms with Crippen LogP contribution < -0.4 is 5.32 Å². The van der Waals surface area contributed by atoms with Gasteiger partial charge in [-0.15, -0.1) is 11.3 Å². The number of nitrogens with zero attached hydrogens (tertiary/aromatic N) is 2. The highest BCUT2D eigenvalue weighted by Gasteiger charge is 2.49. The van der Waals surface area contributed by atoms with Gasteiger partial charge in [-0.1, -0.05) is 0 Å². The Morgan fingerprint density at radius 2 is 2.14 bits per heavy atom.